The van der Waals surface area contributed by atoms with Crippen LogP contribution in [-0.4, -0.2) is 0 Å². The molecule has 0 bridgehead atoms. The van der Waals surface area contributed by atoms with Crippen molar-refractivity contribution in [3.05, 3.63) is 35.9 Å². The van der Waals surface area contributed by atoms with E-state index < -0.39 is 0 Å². The van der Waals surface area contributed by atoms with E-state index in [0.29, 0.717) is 32.5 Å². The van der Waals surface area contributed by atoms with Crippen LogP contribution in [0.25, 0.3) is 0 Å². The third-order valence-corrected chi connectivity index (χ3v) is 23.7. The maximum absolute atomic E-state index is 2.44. The minimum Gasteiger partial charge on any atom is -0.0622 e. The number of benzene rings is 1. The van der Waals surface area contributed by atoms with Crippen LogP contribution in [0.4, 0.5) is 0 Å². The average molecular weight is 1020 g/mol. The van der Waals surface area contributed by atoms with Crippen molar-refractivity contribution in [1.29, 1.82) is 0 Å². The maximum Gasteiger partial charge on any atom is -0.0132 e. The number of hydrogen-bond acceptors (Lipinski definition) is 0. The molecular formula is C74H132. The quantitative estimate of drug-likeness (QED) is 0.243. The third kappa shape index (κ3) is 17.6. The van der Waals surface area contributed by atoms with Crippen molar-refractivity contribution in [1.82, 2.24) is 0 Å². The van der Waals surface area contributed by atoms with E-state index >= 15 is 0 Å². The molecular weight excluding hydrogens is 889 g/mol. The van der Waals surface area contributed by atoms with Crippen molar-refractivity contribution in [2.45, 2.75) is 316 Å². The Morgan fingerprint density at radius 1 is 0.257 bits per heavy atom. The van der Waals surface area contributed by atoms with Crippen LogP contribution in [0.15, 0.2) is 30.3 Å². The smallest absolute Gasteiger partial charge is 0.0132 e. The van der Waals surface area contributed by atoms with Crippen LogP contribution in [0, 0.1) is 116 Å². The second kappa shape index (κ2) is 26.7. The molecule has 0 saturated heterocycles. The molecule has 0 nitrogen and oxygen atoms in total. The summed E-state index contributed by atoms with van der Waals surface area (Å²) in [4.78, 5) is 0. The molecule has 0 aromatic heterocycles. The molecule has 0 N–H and O–H groups in total. The summed E-state index contributed by atoms with van der Waals surface area (Å²) in [7, 11) is 0. The normalized spacial score (nSPS) is 36.7. The molecule has 15 atom stereocenters. The fourth-order valence-electron chi connectivity index (χ4n) is 19.5. The molecule has 1 aromatic rings. The van der Waals surface area contributed by atoms with Crippen LogP contribution in [0.2, 0.25) is 0 Å². The first-order chi connectivity index (χ1) is 34.5. The van der Waals surface area contributed by atoms with Gasteiger partial charge in [0.2, 0.25) is 0 Å². The Balaban J connectivity index is 0.000000145. The lowest BCUT2D eigenvalue weighted by Gasteiger charge is -2.42. The summed E-state index contributed by atoms with van der Waals surface area (Å²) in [6.45, 7) is 43.2. The summed E-state index contributed by atoms with van der Waals surface area (Å²) < 4.78 is 0. The standard InChI is InChI=1S/4C13H24.C12H22.C10H14/c1-13(2,3)12-9-5-7-10-6-4-8-11(10)12;1-13(2,3)12-8-7-10-5-4-6-11(10)9-12;2*1-13(2,3)12-9-8-10-6-4-5-7-11(10)12;1-12(2,3)11-8-7-9-5-4-6-10(9)11;1-10(2,3)9-7-5-4-6-8-9/h4*10-12H,4-9H2,1-3H3;9-11H,4-8H2,1-3H3;4-8H,1-3H3. The van der Waals surface area contributed by atoms with Crippen LogP contribution < -0.4 is 0 Å². The van der Waals surface area contributed by atoms with Crippen molar-refractivity contribution in [2.24, 2.45) is 116 Å². The highest BCUT2D eigenvalue weighted by atomic mass is 14.5. The van der Waals surface area contributed by atoms with Gasteiger partial charge < -0.3 is 0 Å². The van der Waals surface area contributed by atoms with Gasteiger partial charge in [-0.3, -0.25) is 0 Å². The van der Waals surface area contributed by atoms with E-state index in [-0.39, 0.29) is 0 Å². The van der Waals surface area contributed by atoms with Crippen molar-refractivity contribution in [3.63, 3.8) is 0 Å². The number of hydrogen-bond donors (Lipinski definition) is 0. The van der Waals surface area contributed by atoms with Gasteiger partial charge in [-0.05, 0) is 217 Å². The van der Waals surface area contributed by atoms with Crippen molar-refractivity contribution < 1.29 is 0 Å². The summed E-state index contributed by atoms with van der Waals surface area (Å²) in [5, 5.41) is 0. The monoisotopic (exact) mass is 1020 g/mol. The first kappa shape index (κ1) is 62.4. The van der Waals surface area contributed by atoms with E-state index in [1.165, 1.54) is 185 Å². The molecule has 0 radical (unpaired) electrons. The molecule has 428 valence electrons. The molecule has 0 heteroatoms. The molecule has 11 rings (SSSR count). The van der Waals surface area contributed by atoms with Gasteiger partial charge >= 0.3 is 0 Å². The molecule has 10 fully saturated rings. The molecule has 1 aromatic carbocycles. The van der Waals surface area contributed by atoms with Crippen molar-refractivity contribution >= 4 is 0 Å². The summed E-state index contributed by atoms with van der Waals surface area (Å²) in [6, 6.07) is 10.6. The van der Waals surface area contributed by atoms with Crippen LogP contribution >= 0.6 is 0 Å². The molecule has 0 spiro atoms. The summed E-state index contributed by atoms with van der Waals surface area (Å²) >= 11 is 0. The fourth-order valence-corrected chi connectivity index (χ4v) is 19.5. The largest absolute Gasteiger partial charge is 0.0622 e. The van der Waals surface area contributed by atoms with E-state index in [1.54, 1.807) is 6.42 Å². The first-order valence-corrected chi connectivity index (χ1v) is 33.6. The lowest BCUT2D eigenvalue weighted by atomic mass is 9.63. The minimum absolute atomic E-state index is 0.293. The van der Waals surface area contributed by atoms with E-state index in [4.69, 9.17) is 0 Å². The zero-order valence-corrected chi connectivity index (χ0v) is 53.6. The highest BCUT2D eigenvalue weighted by molar-refractivity contribution is 5.22. The Morgan fingerprint density at radius 2 is 0.554 bits per heavy atom. The molecule has 0 amide bonds. The van der Waals surface area contributed by atoms with Gasteiger partial charge in [0.05, 0.1) is 0 Å². The number of rotatable bonds is 0. The zero-order chi connectivity index (χ0) is 54.3. The molecule has 10 aliphatic carbocycles. The van der Waals surface area contributed by atoms with Crippen LogP contribution in [0.1, 0.15) is 316 Å². The third-order valence-electron chi connectivity index (χ3n) is 23.7. The summed E-state index contributed by atoms with van der Waals surface area (Å²) in [6.07, 6.45) is 44.2. The highest BCUT2D eigenvalue weighted by Crippen LogP contribution is 2.56. The van der Waals surface area contributed by atoms with Crippen LogP contribution in [0.5, 0.6) is 0 Å². The summed E-state index contributed by atoms with van der Waals surface area (Å²) in [5.74, 6) is 16.2. The summed E-state index contributed by atoms with van der Waals surface area (Å²) in [5.41, 5.74) is 4.52. The SMILES string of the molecule is CC(C)(C)C1CCC2CCCC21.CC(C)(C)C1CCC2CCCC2C1.CC(C)(C)C1CCC2CCCCC21.CC(C)(C)C1CCC2CCCCC21.CC(C)(C)C1CCCC2CCCC21.CC(C)(C)c1ccccc1. The zero-order valence-electron chi connectivity index (χ0n) is 53.6. The number of fused-ring (bicyclic) bond motifs is 5. The second-order valence-corrected chi connectivity index (χ2v) is 34.6. The van der Waals surface area contributed by atoms with Gasteiger partial charge in [-0.15, -0.1) is 0 Å². The predicted molar refractivity (Wildman–Crippen MR) is 329 cm³/mol. The molecule has 10 saturated carbocycles. The van der Waals surface area contributed by atoms with Gasteiger partial charge in [-0.2, -0.15) is 0 Å². The molecule has 15 unspecified atom stereocenters. The maximum atomic E-state index is 2.44. The minimum atomic E-state index is 0.293. The van der Waals surface area contributed by atoms with Gasteiger partial charge in [0.15, 0.2) is 0 Å². The van der Waals surface area contributed by atoms with E-state index in [9.17, 15) is 0 Å². The van der Waals surface area contributed by atoms with Gasteiger partial charge in [-0.1, -0.05) is 251 Å². The van der Waals surface area contributed by atoms with E-state index in [1.807, 2.05) is 0 Å². The van der Waals surface area contributed by atoms with E-state index in [2.05, 4.69) is 155 Å². The average Bonchev–Trinajstić information content (AvgIpc) is 4.18. The van der Waals surface area contributed by atoms with Crippen molar-refractivity contribution in [2.75, 3.05) is 0 Å². The van der Waals surface area contributed by atoms with E-state index in [0.717, 1.165) is 88.8 Å². The molecule has 74 heavy (non-hydrogen) atoms. The van der Waals surface area contributed by atoms with Gasteiger partial charge in [0, 0.05) is 0 Å². The topological polar surface area (TPSA) is 0 Å². The molecule has 0 aliphatic heterocycles. The first-order valence-electron chi connectivity index (χ1n) is 33.6. The Bertz CT molecular complexity index is 1670. The van der Waals surface area contributed by atoms with Crippen LogP contribution in [0.3, 0.4) is 0 Å². The molecule has 10 aliphatic rings. The van der Waals surface area contributed by atoms with Crippen LogP contribution in [-0.2, 0) is 5.41 Å². The lowest BCUT2D eigenvalue weighted by Crippen LogP contribution is -2.33. The second-order valence-electron chi connectivity index (χ2n) is 34.6. The Morgan fingerprint density at radius 3 is 0.932 bits per heavy atom. The van der Waals surface area contributed by atoms with Gasteiger partial charge in [0.25, 0.3) is 0 Å². The highest BCUT2D eigenvalue weighted by Gasteiger charge is 2.46. The Hall–Kier alpha value is -0.780. The predicted octanol–water partition coefficient (Wildman–Crippen LogP) is 23.8. The fraction of sp³-hybridized carbons (Fsp3) is 0.919. The lowest BCUT2D eigenvalue weighted by molar-refractivity contribution is 0.0792. The Labute approximate surface area is 465 Å². The molecule has 0 heterocycles. The van der Waals surface area contributed by atoms with Gasteiger partial charge in [0.1, 0.15) is 0 Å². The van der Waals surface area contributed by atoms with Gasteiger partial charge in [-0.25, -0.2) is 0 Å². The van der Waals surface area contributed by atoms with Crippen molar-refractivity contribution in [3.8, 4) is 0 Å². The Kier molecular flexibility index (Phi) is 22.5.